The first kappa shape index (κ1) is 32.9. The van der Waals surface area contributed by atoms with Gasteiger partial charge in [0.05, 0.1) is 40.8 Å². The number of nitrogens with zero attached hydrogens (tertiary/aromatic N) is 3. The van der Waals surface area contributed by atoms with Crippen LogP contribution in [0.5, 0.6) is 0 Å². The number of hydrogen-bond donors (Lipinski definition) is 1. The lowest BCUT2D eigenvalue weighted by molar-refractivity contribution is -0.153. The number of aryl methyl sites for hydroxylation is 1. The molecule has 1 spiro atoms. The van der Waals surface area contributed by atoms with Gasteiger partial charge in [0.15, 0.2) is 0 Å². The van der Waals surface area contributed by atoms with E-state index in [4.69, 9.17) is 16.3 Å². The van der Waals surface area contributed by atoms with Gasteiger partial charge in [0, 0.05) is 19.6 Å². The Morgan fingerprint density at radius 2 is 1.78 bits per heavy atom. The van der Waals surface area contributed by atoms with Crippen molar-refractivity contribution in [2.45, 2.75) is 70.4 Å². The molecule has 0 aliphatic carbocycles. The van der Waals surface area contributed by atoms with E-state index >= 15 is 0 Å². The highest BCUT2D eigenvalue weighted by atomic mass is 35.5. The highest BCUT2D eigenvalue weighted by molar-refractivity contribution is 6.34. The van der Waals surface area contributed by atoms with Gasteiger partial charge >= 0.3 is 0 Å². The number of halogens is 1. The molecule has 240 valence electrons. The fourth-order valence-electron chi connectivity index (χ4n) is 7.92. The molecule has 1 N–H and O–H groups in total. The Hall–Kier alpha value is -3.46. The Kier molecular flexibility index (Phi) is 9.32. The highest BCUT2D eigenvalue weighted by Crippen LogP contribution is 2.64. The predicted molar refractivity (Wildman–Crippen MR) is 176 cm³/mol. The maximum Gasteiger partial charge on any atom is 0.253 e. The second-order valence-corrected chi connectivity index (χ2v) is 13.5. The van der Waals surface area contributed by atoms with Gasteiger partial charge in [0.25, 0.3) is 5.91 Å². The minimum absolute atomic E-state index is 0.151. The van der Waals surface area contributed by atoms with E-state index in [1.54, 1.807) is 28.0 Å². The molecule has 3 aliphatic rings. The van der Waals surface area contributed by atoms with Crippen LogP contribution >= 0.6 is 11.6 Å². The maximum atomic E-state index is 15.0. The predicted octanol–water partition coefficient (Wildman–Crippen LogP) is 5.16. The van der Waals surface area contributed by atoms with Crippen LogP contribution in [0, 0.1) is 24.7 Å². The summed E-state index contributed by atoms with van der Waals surface area (Å²) >= 11 is 6.68. The van der Waals surface area contributed by atoms with Crippen molar-refractivity contribution in [2.75, 3.05) is 24.6 Å². The second-order valence-electron chi connectivity index (χ2n) is 13.1. The largest absolute Gasteiger partial charge is 0.394 e. The second kappa shape index (κ2) is 12.7. The molecule has 3 amide bonds. The van der Waals surface area contributed by atoms with Gasteiger partial charge in [-0.3, -0.25) is 14.4 Å². The van der Waals surface area contributed by atoms with Gasteiger partial charge in [0.1, 0.15) is 11.6 Å². The summed E-state index contributed by atoms with van der Waals surface area (Å²) in [6.07, 6.45) is 4.24. The Morgan fingerprint density at radius 1 is 1.09 bits per heavy atom. The van der Waals surface area contributed by atoms with Crippen LogP contribution in [0.15, 0.2) is 73.8 Å². The summed E-state index contributed by atoms with van der Waals surface area (Å²) in [5.41, 5.74) is 0.0797. The first-order chi connectivity index (χ1) is 21.5. The molecule has 6 atom stereocenters. The van der Waals surface area contributed by atoms with Crippen molar-refractivity contribution in [3.05, 3.63) is 90.0 Å². The summed E-state index contributed by atoms with van der Waals surface area (Å²) in [7, 11) is 0. The van der Waals surface area contributed by atoms with Crippen molar-refractivity contribution in [3.8, 4) is 0 Å². The van der Waals surface area contributed by atoms with Crippen molar-refractivity contribution in [1.82, 2.24) is 9.80 Å². The number of hydrogen-bond acceptors (Lipinski definition) is 5. The van der Waals surface area contributed by atoms with Gasteiger partial charge in [-0.15, -0.1) is 13.2 Å². The average molecular weight is 634 g/mol. The van der Waals surface area contributed by atoms with E-state index in [2.05, 4.69) is 13.2 Å². The lowest BCUT2D eigenvalue weighted by Gasteiger charge is -2.41. The first-order valence-corrected chi connectivity index (χ1v) is 16.1. The maximum absolute atomic E-state index is 15.0. The first-order valence-electron chi connectivity index (χ1n) is 15.7. The van der Waals surface area contributed by atoms with Crippen molar-refractivity contribution >= 4 is 35.0 Å². The quantitative estimate of drug-likeness (QED) is 0.326. The van der Waals surface area contributed by atoms with Crippen LogP contribution in [0.2, 0.25) is 5.02 Å². The molecule has 0 aromatic heterocycles. The molecule has 3 saturated heterocycles. The Bertz CT molecular complexity index is 1460. The van der Waals surface area contributed by atoms with Gasteiger partial charge in [-0.05, 0) is 49.8 Å². The minimum atomic E-state index is -1.26. The lowest BCUT2D eigenvalue weighted by atomic mass is 9.66. The molecule has 5 rings (SSSR count). The van der Waals surface area contributed by atoms with E-state index in [-0.39, 0.29) is 36.8 Å². The standard InChI is InChI=1S/C36H44ClN3O5/c1-7-19-38(21-25-14-10-9-11-15-25)32(42)28-29-33(43)40(27(22-41)23(3)4)31(36(29)18-17-35(28,6)45-36)34(44)39(20-8-2)30-24(5)13-12-16-26(30)37/h7-16,23,27-29,31,41H,1-2,17-22H2,3-6H3/t27-,28+,29-,31?,35-,36?/m0/s1. The smallest absolute Gasteiger partial charge is 0.253 e. The zero-order chi connectivity index (χ0) is 32.7. The molecule has 2 aromatic rings. The van der Waals surface area contributed by atoms with Crippen LogP contribution in [0.25, 0.3) is 0 Å². The number of rotatable bonds is 12. The number of anilines is 1. The SMILES string of the molecule is C=CCN(Cc1ccccc1)C(=O)[C@H]1[C@H]2C(=O)N([C@@H](CO)C(C)C)C(C(=O)N(CC=C)c3c(C)cccc3Cl)C23CC[C@]1(C)O3. The number of aliphatic hydroxyl groups excluding tert-OH is 1. The molecule has 3 heterocycles. The molecule has 45 heavy (non-hydrogen) atoms. The van der Waals surface area contributed by atoms with Crippen molar-refractivity contribution in [3.63, 3.8) is 0 Å². The molecule has 9 heteroatoms. The molecule has 2 bridgehead atoms. The van der Waals surface area contributed by atoms with Crippen LogP contribution in [0.4, 0.5) is 5.69 Å². The van der Waals surface area contributed by atoms with Gasteiger partial charge in [0.2, 0.25) is 11.8 Å². The van der Waals surface area contributed by atoms with Crippen molar-refractivity contribution < 1.29 is 24.2 Å². The fourth-order valence-corrected chi connectivity index (χ4v) is 8.24. The van der Waals surface area contributed by atoms with Crippen molar-refractivity contribution in [2.24, 2.45) is 17.8 Å². The number of aliphatic hydroxyl groups is 1. The summed E-state index contributed by atoms with van der Waals surface area (Å²) < 4.78 is 6.89. The number of ether oxygens (including phenoxy) is 1. The number of carbonyl (C=O) groups excluding carboxylic acids is 3. The molecule has 3 aliphatic heterocycles. The summed E-state index contributed by atoms with van der Waals surface area (Å²) in [5, 5.41) is 11.0. The van der Waals surface area contributed by atoms with E-state index < -0.39 is 35.1 Å². The Balaban J connectivity index is 1.63. The normalized spacial score (nSPS) is 27.4. The Morgan fingerprint density at radius 3 is 2.38 bits per heavy atom. The van der Waals surface area contributed by atoms with Crippen LogP contribution in [-0.4, -0.2) is 75.6 Å². The van der Waals surface area contributed by atoms with E-state index in [0.717, 1.165) is 11.1 Å². The molecular weight excluding hydrogens is 590 g/mol. The third-order valence-electron chi connectivity index (χ3n) is 9.94. The number of likely N-dealkylation sites (tertiary alicyclic amines) is 1. The topological polar surface area (TPSA) is 90.4 Å². The van der Waals surface area contributed by atoms with E-state index in [1.165, 1.54) is 4.90 Å². The van der Waals surface area contributed by atoms with Crippen LogP contribution < -0.4 is 4.90 Å². The number of amides is 3. The Labute approximate surface area is 271 Å². The molecule has 8 nitrogen and oxygen atoms in total. The number of fused-ring (bicyclic) bond motifs is 1. The van der Waals surface area contributed by atoms with Crippen molar-refractivity contribution in [1.29, 1.82) is 0 Å². The zero-order valence-corrected chi connectivity index (χ0v) is 27.4. The molecule has 0 saturated carbocycles. The van der Waals surface area contributed by atoms with Gasteiger partial charge in [-0.1, -0.05) is 80.1 Å². The van der Waals surface area contributed by atoms with E-state index in [0.29, 0.717) is 36.6 Å². The molecule has 2 unspecified atom stereocenters. The molecule has 0 radical (unpaired) electrons. The molecular formula is C36H44ClN3O5. The summed E-state index contributed by atoms with van der Waals surface area (Å²) in [4.78, 5) is 49.1. The minimum Gasteiger partial charge on any atom is -0.394 e. The molecule has 2 aromatic carbocycles. The third-order valence-corrected chi connectivity index (χ3v) is 10.2. The number of para-hydroxylation sites is 1. The zero-order valence-electron chi connectivity index (χ0n) is 26.6. The van der Waals surface area contributed by atoms with Gasteiger partial charge in [-0.2, -0.15) is 0 Å². The van der Waals surface area contributed by atoms with Crippen LogP contribution in [-0.2, 0) is 25.7 Å². The summed E-state index contributed by atoms with van der Waals surface area (Å²) in [6.45, 7) is 15.8. The van der Waals surface area contributed by atoms with Gasteiger partial charge in [-0.25, -0.2) is 0 Å². The highest BCUT2D eigenvalue weighted by Gasteiger charge is 2.79. The number of benzene rings is 2. The lowest BCUT2D eigenvalue weighted by Crippen LogP contribution is -2.60. The van der Waals surface area contributed by atoms with E-state index in [9.17, 15) is 19.5 Å². The van der Waals surface area contributed by atoms with Crippen LogP contribution in [0.1, 0.15) is 44.7 Å². The van der Waals surface area contributed by atoms with Gasteiger partial charge < -0.3 is 24.5 Å². The average Bonchev–Trinajstić information content (AvgIpc) is 3.57. The fraction of sp³-hybridized carbons (Fsp3) is 0.472. The number of carbonyl (C=O) groups is 3. The molecule has 3 fully saturated rings. The third kappa shape index (κ3) is 5.41. The summed E-state index contributed by atoms with van der Waals surface area (Å²) in [5.74, 6) is -2.79. The summed E-state index contributed by atoms with van der Waals surface area (Å²) in [6, 6.07) is 13.4. The van der Waals surface area contributed by atoms with E-state index in [1.807, 2.05) is 70.2 Å². The van der Waals surface area contributed by atoms with Crippen LogP contribution in [0.3, 0.4) is 0 Å². The monoisotopic (exact) mass is 633 g/mol.